The van der Waals surface area contributed by atoms with Crippen LogP contribution in [-0.4, -0.2) is 11.5 Å². The van der Waals surface area contributed by atoms with Crippen molar-refractivity contribution in [1.82, 2.24) is 10.3 Å². The molecule has 112 valence electrons. The van der Waals surface area contributed by atoms with E-state index in [2.05, 4.69) is 12.2 Å². The molecule has 1 atom stereocenters. The van der Waals surface area contributed by atoms with Gasteiger partial charge in [0.25, 0.3) is 0 Å². The molecule has 1 aliphatic carbocycles. The van der Waals surface area contributed by atoms with Crippen molar-refractivity contribution in [3.8, 4) is 10.6 Å². The van der Waals surface area contributed by atoms with Gasteiger partial charge in [-0.05, 0) is 44.4 Å². The Morgan fingerprint density at radius 1 is 1.48 bits per heavy atom. The van der Waals surface area contributed by atoms with Gasteiger partial charge >= 0.3 is 0 Å². The minimum absolute atomic E-state index is 0.155. The molecule has 0 fully saturated rings. The standard InChI is InChI=1S/C16H18ClFN2S/c1-2-8-19-13-4-3-5-14-15(13)21-16(20-14)10-6-7-11(17)12(18)9-10/h6-7,9,13,19H,2-5,8H2,1H3. The minimum Gasteiger partial charge on any atom is -0.309 e. The van der Waals surface area contributed by atoms with Crippen molar-refractivity contribution in [2.75, 3.05) is 6.54 Å². The van der Waals surface area contributed by atoms with Crippen LogP contribution in [0.2, 0.25) is 5.02 Å². The van der Waals surface area contributed by atoms with E-state index in [0.717, 1.165) is 42.8 Å². The number of nitrogens with one attached hydrogen (secondary N) is 1. The van der Waals surface area contributed by atoms with Gasteiger partial charge in [-0.25, -0.2) is 9.37 Å². The van der Waals surface area contributed by atoms with E-state index in [1.54, 1.807) is 17.4 Å². The maximum atomic E-state index is 13.6. The van der Waals surface area contributed by atoms with Gasteiger partial charge in [0.2, 0.25) is 0 Å². The summed E-state index contributed by atoms with van der Waals surface area (Å²) in [6.45, 7) is 3.19. The number of halogens is 2. The third-order valence-electron chi connectivity index (χ3n) is 3.76. The Balaban J connectivity index is 1.91. The molecule has 1 unspecified atom stereocenters. The SMILES string of the molecule is CCCNC1CCCc2nc(-c3ccc(Cl)c(F)c3)sc21. The van der Waals surface area contributed by atoms with Crippen molar-refractivity contribution >= 4 is 22.9 Å². The van der Waals surface area contributed by atoms with Gasteiger partial charge in [-0.2, -0.15) is 0 Å². The van der Waals surface area contributed by atoms with Gasteiger partial charge in [0.1, 0.15) is 10.8 Å². The Kier molecular flexibility index (Phi) is 4.57. The number of hydrogen-bond acceptors (Lipinski definition) is 3. The van der Waals surface area contributed by atoms with Crippen LogP contribution in [0.3, 0.4) is 0 Å². The van der Waals surface area contributed by atoms with E-state index in [1.807, 2.05) is 6.07 Å². The molecule has 5 heteroatoms. The molecule has 0 bridgehead atoms. The Labute approximate surface area is 133 Å². The number of nitrogens with zero attached hydrogens (tertiary/aromatic N) is 1. The lowest BCUT2D eigenvalue weighted by atomic mass is 9.98. The Bertz CT molecular complexity index is 641. The van der Waals surface area contributed by atoms with Gasteiger partial charge in [0.15, 0.2) is 0 Å². The highest BCUT2D eigenvalue weighted by Crippen LogP contribution is 2.38. The van der Waals surface area contributed by atoms with Crippen LogP contribution in [0.1, 0.15) is 42.8 Å². The van der Waals surface area contributed by atoms with E-state index in [9.17, 15) is 4.39 Å². The molecule has 1 aromatic heterocycles. The molecule has 0 aliphatic heterocycles. The normalized spacial score (nSPS) is 17.8. The smallest absolute Gasteiger partial charge is 0.142 e. The summed E-state index contributed by atoms with van der Waals surface area (Å²) in [6, 6.07) is 5.31. The molecule has 1 heterocycles. The topological polar surface area (TPSA) is 24.9 Å². The molecule has 0 spiro atoms. The van der Waals surface area contributed by atoms with Gasteiger partial charge in [0, 0.05) is 16.5 Å². The molecule has 2 nitrogen and oxygen atoms in total. The summed E-state index contributed by atoms with van der Waals surface area (Å²) in [7, 11) is 0. The Morgan fingerprint density at radius 2 is 2.33 bits per heavy atom. The summed E-state index contributed by atoms with van der Waals surface area (Å²) >= 11 is 7.43. The van der Waals surface area contributed by atoms with Crippen molar-refractivity contribution < 1.29 is 4.39 Å². The highest BCUT2D eigenvalue weighted by atomic mass is 35.5. The first-order valence-electron chi connectivity index (χ1n) is 7.37. The van der Waals surface area contributed by atoms with Crippen molar-refractivity contribution in [1.29, 1.82) is 0 Å². The summed E-state index contributed by atoms with van der Waals surface area (Å²) in [5.74, 6) is -0.386. The second-order valence-electron chi connectivity index (χ2n) is 5.36. The van der Waals surface area contributed by atoms with Crippen molar-refractivity contribution in [3.63, 3.8) is 0 Å². The van der Waals surface area contributed by atoms with Crippen molar-refractivity contribution in [2.24, 2.45) is 0 Å². The maximum absolute atomic E-state index is 13.6. The number of hydrogen-bond donors (Lipinski definition) is 1. The van der Waals surface area contributed by atoms with Gasteiger partial charge in [0.05, 0.1) is 10.7 Å². The first kappa shape index (κ1) is 14.9. The maximum Gasteiger partial charge on any atom is 0.142 e. The van der Waals surface area contributed by atoms with Crippen LogP contribution in [0.4, 0.5) is 4.39 Å². The fourth-order valence-electron chi connectivity index (χ4n) is 2.69. The van der Waals surface area contributed by atoms with E-state index in [-0.39, 0.29) is 10.8 Å². The first-order chi connectivity index (χ1) is 10.2. The second kappa shape index (κ2) is 6.42. The minimum atomic E-state index is -0.386. The molecular formula is C16H18ClFN2S. The predicted molar refractivity (Wildman–Crippen MR) is 86.5 cm³/mol. The Hall–Kier alpha value is -0.970. The summed E-state index contributed by atoms with van der Waals surface area (Å²) in [5, 5.41) is 4.63. The fraction of sp³-hybridized carbons (Fsp3) is 0.438. The average Bonchev–Trinajstić information content (AvgIpc) is 2.92. The molecule has 0 amide bonds. The molecular weight excluding hydrogens is 307 g/mol. The Morgan fingerprint density at radius 3 is 3.10 bits per heavy atom. The van der Waals surface area contributed by atoms with Crippen LogP contribution in [-0.2, 0) is 6.42 Å². The van der Waals surface area contributed by atoms with Crippen molar-refractivity contribution in [2.45, 2.75) is 38.6 Å². The fourth-order valence-corrected chi connectivity index (χ4v) is 4.02. The number of benzene rings is 1. The molecule has 1 aromatic carbocycles. The molecule has 21 heavy (non-hydrogen) atoms. The van der Waals surface area contributed by atoms with Crippen LogP contribution >= 0.6 is 22.9 Å². The second-order valence-corrected chi connectivity index (χ2v) is 6.80. The van der Waals surface area contributed by atoms with Crippen LogP contribution in [0, 0.1) is 5.82 Å². The van der Waals surface area contributed by atoms with E-state index in [4.69, 9.17) is 16.6 Å². The molecule has 1 N–H and O–H groups in total. The van der Waals surface area contributed by atoms with Crippen molar-refractivity contribution in [3.05, 3.63) is 39.6 Å². The molecule has 2 aromatic rings. The van der Waals surface area contributed by atoms with Crippen LogP contribution in [0.15, 0.2) is 18.2 Å². The number of aryl methyl sites for hydroxylation is 1. The largest absolute Gasteiger partial charge is 0.309 e. The summed E-state index contributed by atoms with van der Waals surface area (Å²) in [6.07, 6.45) is 4.46. The van der Waals surface area contributed by atoms with Gasteiger partial charge in [-0.3, -0.25) is 0 Å². The lowest BCUT2D eigenvalue weighted by molar-refractivity contribution is 0.465. The zero-order valence-electron chi connectivity index (χ0n) is 12.0. The number of fused-ring (bicyclic) bond motifs is 1. The van der Waals surface area contributed by atoms with Crippen LogP contribution < -0.4 is 5.32 Å². The quantitative estimate of drug-likeness (QED) is 0.858. The van der Waals surface area contributed by atoms with Gasteiger partial charge in [-0.1, -0.05) is 24.6 Å². The van der Waals surface area contributed by atoms with Crippen LogP contribution in [0.25, 0.3) is 10.6 Å². The highest BCUT2D eigenvalue weighted by Gasteiger charge is 2.24. The van der Waals surface area contributed by atoms with Crippen LogP contribution in [0.5, 0.6) is 0 Å². The zero-order valence-corrected chi connectivity index (χ0v) is 13.5. The summed E-state index contributed by atoms with van der Waals surface area (Å²) in [5.41, 5.74) is 1.98. The monoisotopic (exact) mass is 324 g/mol. The number of thiazole rings is 1. The van der Waals surface area contributed by atoms with Gasteiger partial charge < -0.3 is 5.32 Å². The summed E-state index contributed by atoms with van der Waals surface area (Å²) < 4.78 is 13.6. The van der Waals surface area contributed by atoms with E-state index < -0.39 is 0 Å². The van der Waals surface area contributed by atoms with Gasteiger partial charge in [-0.15, -0.1) is 11.3 Å². The molecule has 0 radical (unpaired) electrons. The summed E-state index contributed by atoms with van der Waals surface area (Å²) in [4.78, 5) is 6.04. The molecule has 0 saturated heterocycles. The average molecular weight is 325 g/mol. The number of aromatic nitrogens is 1. The van der Waals surface area contributed by atoms with E-state index >= 15 is 0 Å². The predicted octanol–water partition coefficient (Wildman–Crippen LogP) is 4.98. The van der Waals surface area contributed by atoms with E-state index in [0.29, 0.717) is 6.04 Å². The lowest BCUT2D eigenvalue weighted by Crippen LogP contribution is -2.24. The number of rotatable bonds is 4. The lowest BCUT2D eigenvalue weighted by Gasteiger charge is -2.22. The zero-order chi connectivity index (χ0) is 14.8. The highest BCUT2D eigenvalue weighted by molar-refractivity contribution is 7.15. The third kappa shape index (κ3) is 3.12. The van der Waals surface area contributed by atoms with E-state index in [1.165, 1.54) is 16.6 Å². The molecule has 3 rings (SSSR count). The third-order valence-corrected chi connectivity index (χ3v) is 5.32. The first-order valence-corrected chi connectivity index (χ1v) is 8.57. The molecule has 0 saturated carbocycles. The molecule has 1 aliphatic rings.